The number of nitrogens with zero attached hydrogens (tertiary/aromatic N) is 1. The molecule has 0 fully saturated rings. The van der Waals surface area contributed by atoms with Gasteiger partial charge in [-0.15, -0.1) is 0 Å². The lowest BCUT2D eigenvalue weighted by molar-refractivity contribution is 0.102. The van der Waals surface area contributed by atoms with Crippen LogP contribution < -0.4 is 5.32 Å². The van der Waals surface area contributed by atoms with Crippen molar-refractivity contribution < 1.29 is 4.79 Å². The van der Waals surface area contributed by atoms with E-state index < -0.39 is 0 Å². The largest absolute Gasteiger partial charge is 0.321 e. The number of carbonyl (C=O) groups is 1. The topological polar surface area (TPSA) is 52.9 Å². The van der Waals surface area contributed by atoms with E-state index in [-0.39, 0.29) is 5.91 Å². The van der Waals surface area contributed by atoms with Crippen LogP contribution in [0.5, 0.6) is 0 Å². The Morgan fingerprint density at radius 2 is 1.95 bits per heavy atom. The number of amides is 1. The van der Waals surface area contributed by atoms with E-state index in [9.17, 15) is 4.79 Å². The molecule has 0 aliphatic carbocycles. The summed E-state index contributed by atoms with van der Waals surface area (Å²) in [7, 11) is 0. The van der Waals surface area contributed by atoms with Crippen molar-refractivity contribution in [2.24, 2.45) is 0 Å². The van der Waals surface area contributed by atoms with Gasteiger partial charge in [-0.05, 0) is 43.7 Å². The van der Waals surface area contributed by atoms with Gasteiger partial charge in [0.25, 0.3) is 5.91 Å². The third kappa shape index (κ3) is 3.06. The third-order valence-corrected chi connectivity index (χ3v) is 3.47. The van der Waals surface area contributed by atoms with Gasteiger partial charge in [-0.2, -0.15) is 5.26 Å². The van der Waals surface area contributed by atoms with E-state index >= 15 is 0 Å². The number of anilines is 1. The van der Waals surface area contributed by atoms with E-state index in [0.717, 1.165) is 15.6 Å². The number of halogens is 1. The zero-order valence-corrected chi connectivity index (χ0v) is 12.8. The van der Waals surface area contributed by atoms with Crippen LogP contribution in [0.15, 0.2) is 40.9 Å². The Morgan fingerprint density at radius 1 is 1.20 bits per heavy atom. The molecule has 2 rings (SSSR count). The standard InChI is InChI=1S/C16H13BrN2O/c1-10-3-6-14(11(2)7-10)16(20)19-15-8-13(17)5-4-12(15)9-18/h3-8H,1-2H3,(H,19,20). The lowest BCUT2D eigenvalue weighted by Crippen LogP contribution is -2.14. The van der Waals surface area contributed by atoms with Crippen molar-refractivity contribution in [1.29, 1.82) is 5.26 Å². The summed E-state index contributed by atoms with van der Waals surface area (Å²) in [6.07, 6.45) is 0. The lowest BCUT2D eigenvalue weighted by atomic mass is 10.0. The summed E-state index contributed by atoms with van der Waals surface area (Å²) in [6.45, 7) is 3.88. The summed E-state index contributed by atoms with van der Waals surface area (Å²) < 4.78 is 0.812. The summed E-state index contributed by atoms with van der Waals surface area (Å²) >= 11 is 3.33. The van der Waals surface area contributed by atoms with Gasteiger partial charge >= 0.3 is 0 Å². The van der Waals surface area contributed by atoms with Crippen LogP contribution in [-0.4, -0.2) is 5.91 Å². The van der Waals surface area contributed by atoms with Crippen LogP contribution in [0.2, 0.25) is 0 Å². The summed E-state index contributed by atoms with van der Waals surface area (Å²) in [4.78, 5) is 12.3. The number of hydrogen-bond acceptors (Lipinski definition) is 2. The molecule has 4 heteroatoms. The quantitative estimate of drug-likeness (QED) is 0.898. The van der Waals surface area contributed by atoms with Crippen molar-refractivity contribution in [2.75, 3.05) is 5.32 Å². The highest BCUT2D eigenvalue weighted by Crippen LogP contribution is 2.22. The number of carbonyl (C=O) groups excluding carboxylic acids is 1. The molecule has 0 heterocycles. The molecule has 3 nitrogen and oxygen atoms in total. The molecule has 1 amide bonds. The van der Waals surface area contributed by atoms with Gasteiger partial charge in [0.15, 0.2) is 0 Å². The van der Waals surface area contributed by atoms with E-state index in [4.69, 9.17) is 5.26 Å². The molecule has 0 atom stereocenters. The highest BCUT2D eigenvalue weighted by Gasteiger charge is 2.11. The number of hydrogen-bond donors (Lipinski definition) is 1. The SMILES string of the molecule is Cc1ccc(C(=O)Nc2cc(Br)ccc2C#N)c(C)c1. The van der Waals surface area contributed by atoms with Crippen LogP contribution in [0, 0.1) is 25.2 Å². The molecular formula is C16H13BrN2O. The van der Waals surface area contributed by atoms with Gasteiger partial charge in [0, 0.05) is 10.0 Å². The Bertz CT molecular complexity index is 717. The minimum atomic E-state index is -0.211. The van der Waals surface area contributed by atoms with E-state index in [1.807, 2.05) is 26.0 Å². The maximum atomic E-state index is 12.3. The van der Waals surface area contributed by atoms with Crippen molar-refractivity contribution in [1.82, 2.24) is 0 Å². The second-order valence-electron chi connectivity index (χ2n) is 4.57. The van der Waals surface area contributed by atoms with Crippen LogP contribution in [0.1, 0.15) is 27.0 Å². The Hall–Kier alpha value is -2.12. The van der Waals surface area contributed by atoms with Crippen molar-refractivity contribution in [3.05, 3.63) is 63.1 Å². The fourth-order valence-electron chi connectivity index (χ4n) is 1.98. The van der Waals surface area contributed by atoms with E-state index in [2.05, 4.69) is 27.3 Å². The zero-order valence-electron chi connectivity index (χ0n) is 11.2. The Labute approximate surface area is 126 Å². The third-order valence-electron chi connectivity index (χ3n) is 2.98. The van der Waals surface area contributed by atoms with Crippen molar-refractivity contribution in [3.63, 3.8) is 0 Å². The fraction of sp³-hybridized carbons (Fsp3) is 0.125. The molecule has 0 saturated heterocycles. The average molecular weight is 329 g/mol. The first-order valence-corrected chi connectivity index (χ1v) is 6.89. The predicted octanol–water partition coefficient (Wildman–Crippen LogP) is 4.19. The highest BCUT2D eigenvalue weighted by molar-refractivity contribution is 9.10. The number of nitriles is 1. The maximum absolute atomic E-state index is 12.3. The first-order valence-electron chi connectivity index (χ1n) is 6.09. The summed E-state index contributed by atoms with van der Waals surface area (Å²) in [6, 6.07) is 12.9. The van der Waals surface area contributed by atoms with Gasteiger partial charge in [0.1, 0.15) is 6.07 Å². The van der Waals surface area contributed by atoms with Crippen molar-refractivity contribution in [2.45, 2.75) is 13.8 Å². The average Bonchev–Trinajstić information content (AvgIpc) is 2.38. The van der Waals surface area contributed by atoms with Crippen LogP contribution in [0.25, 0.3) is 0 Å². The molecule has 0 bridgehead atoms. The monoisotopic (exact) mass is 328 g/mol. The van der Waals surface area contributed by atoms with Gasteiger partial charge in [-0.25, -0.2) is 0 Å². The van der Waals surface area contributed by atoms with Gasteiger partial charge in [-0.1, -0.05) is 33.6 Å². The number of aryl methyl sites for hydroxylation is 2. The molecule has 2 aromatic carbocycles. The van der Waals surface area contributed by atoms with Crippen molar-refractivity contribution in [3.8, 4) is 6.07 Å². The molecule has 0 aromatic heterocycles. The predicted molar refractivity (Wildman–Crippen MR) is 82.7 cm³/mol. The Balaban J connectivity index is 2.33. The fourth-order valence-corrected chi connectivity index (χ4v) is 2.34. The molecule has 0 aliphatic heterocycles. The van der Waals surface area contributed by atoms with Crippen molar-refractivity contribution >= 4 is 27.5 Å². The van der Waals surface area contributed by atoms with Gasteiger partial charge in [-0.3, -0.25) is 4.79 Å². The molecule has 100 valence electrons. The second-order valence-corrected chi connectivity index (χ2v) is 5.49. The molecule has 0 saturated carbocycles. The second kappa shape index (κ2) is 5.89. The molecule has 0 aliphatic rings. The van der Waals surface area contributed by atoms with Gasteiger partial charge in [0.05, 0.1) is 11.3 Å². The summed E-state index contributed by atoms with van der Waals surface area (Å²) in [5, 5.41) is 11.9. The molecule has 0 radical (unpaired) electrons. The Kier molecular flexibility index (Phi) is 4.21. The van der Waals surface area contributed by atoms with Crippen LogP contribution in [-0.2, 0) is 0 Å². The Morgan fingerprint density at radius 3 is 2.60 bits per heavy atom. The van der Waals surface area contributed by atoms with Gasteiger partial charge < -0.3 is 5.32 Å². The maximum Gasteiger partial charge on any atom is 0.255 e. The normalized spacial score (nSPS) is 9.90. The zero-order chi connectivity index (χ0) is 14.7. The highest BCUT2D eigenvalue weighted by atomic mass is 79.9. The molecule has 20 heavy (non-hydrogen) atoms. The minimum absolute atomic E-state index is 0.211. The number of rotatable bonds is 2. The minimum Gasteiger partial charge on any atom is -0.321 e. The van der Waals surface area contributed by atoms with Crippen LogP contribution in [0.3, 0.4) is 0 Å². The molecule has 2 aromatic rings. The molecular weight excluding hydrogens is 316 g/mol. The molecule has 1 N–H and O–H groups in total. The smallest absolute Gasteiger partial charge is 0.255 e. The summed E-state index contributed by atoms with van der Waals surface area (Å²) in [5.41, 5.74) is 3.58. The first kappa shape index (κ1) is 14.3. The van der Waals surface area contributed by atoms with Crippen LogP contribution >= 0.6 is 15.9 Å². The van der Waals surface area contributed by atoms with Gasteiger partial charge in [0.2, 0.25) is 0 Å². The van der Waals surface area contributed by atoms with Crippen LogP contribution in [0.4, 0.5) is 5.69 Å². The van der Waals surface area contributed by atoms with E-state index in [1.165, 1.54) is 0 Å². The molecule has 0 unspecified atom stereocenters. The summed E-state index contributed by atoms with van der Waals surface area (Å²) in [5.74, 6) is -0.211. The lowest BCUT2D eigenvalue weighted by Gasteiger charge is -2.10. The molecule has 0 spiro atoms. The first-order chi connectivity index (χ1) is 9.51. The van der Waals surface area contributed by atoms with E-state index in [0.29, 0.717) is 16.8 Å². The number of nitrogens with one attached hydrogen (secondary N) is 1. The number of benzene rings is 2. The van der Waals surface area contributed by atoms with E-state index in [1.54, 1.807) is 24.3 Å².